The molecule has 0 spiro atoms. The van der Waals surface area contributed by atoms with Gasteiger partial charge in [0.2, 0.25) is 0 Å². The maximum atomic E-state index is 6.70. The molecule has 0 unspecified atom stereocenters. The van der Waals surface area contributed by atoms with Crippen molar-refractivity contribution in [1.82, 2.24) is 0 Å². The highest BCUT2D eigenvalue weighted by molar-refractivity contribution is 7.99. The van der Waals surface area contributed by atoms with Gasteiger partial charge in [-0.05, 0) is 28.5 Å². The van der Waals surface area contributed by atoms with E-state index in [1.54, 1.807) is 11.8 Å². The van der Waals surface area contributed by atoms with Gasteiger partial charge in [-0.2, -0.15) is 0 Å². The summed E-state index contributed by atoms with van der Waals surface area (Å²) in [6.45, 7) is 2.21. The standard InChI is InChI=1S/C35H38O5S/c1-41-35-34(39-25-30-20-12-5-13-21-30)33(38-24-29-18-10-4-11-19-29)32(37-23-28-16-8-3-9-17-28)31(40-35)26-36-22-27-14-6-2-7-15-27/h2-21,31-35H,22-26H2,1H3/t31-,32+,33+,34-,35+/m1/s1. The van der Waals surface area contributed by atoms with Gasteiger partial charge in [-0.1, -0.05) is 121 Å². The number of ether oxygens (including phenoxy) is 5. The quantitative estimate of drug-likeness (QED) is 0.162. The lowest BCUT2D eigenvalue weighted by atomic mass is 9.98. The molecule has 41 heavy (non-hydrogen) atoms. The summed E-state index contributed by atoms with van der Waals surface area (Å²) in [7, 11) is 0. The highest BCUT2D eigenvalue weighted by Crippen LogP contribution is 2.34. The highest BCUT2D eigenvalue weighted by atomic mass is 32.2. The van der Waals surface area contributed by atoms with Crippen LogP contribution in [0.4, 0.5) is 0 Å². The summed E-state index contributed by atoms with van der Waals surface area (Å²) >= 11 is 1.63. The molecule has 0 aliphatic carbocycles. The Hall–Kier alpha value is -2.97. The zero-order valence-electron chi connectivity index (χ0n) is 23.4. The molecule has 1 aliphatic rings. The molecule has 1 fully saturated rings. The molecule has 1 heterocycles. The van der Waals surface area contributed by atoms with Crippen molar-refractivity contribution in [2.45, 2.75) is 56.3 Å². The van der Waals surface area contributed by atoms with Crippen LogP contribution in [0.3, 0.4) is 0 Å². The van der Waals surface area contributed by atoms with Crippen molar-refractivity contribution in [1.29, 1.82) is 0 Å². The van der Waals surface area contributed by atoms with E-state index in [1.807, 2.05) is 79.1 Å². The Labute approximate surface area is 247 Å². The summed E-state index contributed by atoms with van der Waals surface area (Å²) in [6.07, 6.45) is 0.584. The molecular weight excluding hydrogens is 532 g/mol. The topological polar surface area (TPSA) is 46.2 Å². The molecule has 0 bridgehead atoms. The molecule has 5 nitrogen and oxygen atoms in total. The van der Waals surface area contributed by atoms with Gasteiger partial charge < -0.3 is 23.7 Å². The fourth-order valence-corrected chi connectivity index (χ4v) is 5.69. The number of rotatable bonds is 14. The van der Waals surface area contributed by atoms with Gasteiger partial charge in [-0.25, -0.2) is 0 Å². The van der Waals surface area contributed by atoms with Crippen LogP contribution < -0.4 is 0 Å². The van der Waals surface area contributed by atoms with Gasteiger partial charge in [-0.15, -0.1) is 11.8 Å². The predicted octanol–water partition coefficient (Wildman–Crippen LogP) is 7.05. The molecule has 1 aliphatic heterocycles. The molecule has 0 radical (unpaired) electrons. The maximum absolute atomic E-state index is 6.70. The first-order valence-corrected chi connectivity index (χ1v) is 15.4. The molecule has 5 rings (SSSR count). The van der Waals surface area contributed by atoms with Crippen LogP contribution in [0.2, 0.25) is 0 Å². The fraction of sp³-hybridized carbons (Fsp3) is 0.314. The van der Waals surface area contributed by atoms with Crippen LogP contribution in [-0.4, -0.2) is 42.7 Å². The van der Waals surface area contributed by atoms with Gasteiger partial charge in [0, 0.05) is 0 Å². The van der Waals surface area contributed by atoms with Crippen molar-refractivity contribution < 1.29 is 23.7 Å². The molecule has 1 saturated heterocycles. The van der Waals surface area contributed by atoms with Gasteiger partial charge in [0.15, 0.2) is 0 Å². The normalized spacial score (nSPS) is 22.4. The first-order valence-electron chi connectivity index (χ1n) is 14.1. The van der Waals surface area contributed by atoms with Crippen LogP contribution in [0.1, 0.15) is 22.3 Å². The minimum absolute atomic E-state index is 0.249. The van der Waals surface area contributed by atoms with Crippen LogP contribution >= 0.6 is 11.8 Å². The largest absolute Gasteiger partial charge is 0.374 e. The molecule has 5 atom stereocenters. The third-order valence-corrected chi connectivity index (χ3v) is 7.92. The minimum atomic E-state index is -0.404. The summed E-state index contributed by atoms with van der Waals surface area (Å²) in [6, 6.07) is 40.8. The van der Waals surface area contributed by atoms with E-state index in [1.165, 1.54) is 0 Å². The highest BCUT2D eigenvalue weighted by Gasteiger charge is 2.48. The molecule has 0 N–H and O–H groups in total. The lowest BCUT2D eigenvalue weighted by Crippen LogP contribution is -2.60. The van der Waals surface area contributed by atoms with Crippen LogP contribution in [-0.2, 0) is 50.1 Å². The molecule has 0 amide bonds. The SMILES string of the molecule is CS[C@@H]1O[C@H](COCc2ccccc2)[C@H](OCc2ccccc2)[C@H](OCc2ccccc2)[C@H]1OCc1ccccc1. The third-order valence-electron chi connectivity index (χ3n) is 7.07. The van der Waals surface area contributed by atoms with Crippen molar-refractivity contribution in [2.75, 3.05) is 12.9 Å². The number of thioether (sulfide) groups is 1. The van der Waals surface area contributed by atoms with Crippen LogP contribution in [0.15, 0.2) is 121 Å². The molecular formula is C35H38O5S. The molecule has 4 aromatic carbocycles. The van der Waals surface area contributed by atoms with Gasteiger partial charge in [0.1, 0.15) is 29.9 Å². The van der Waals surface area contributed by atoms with Crippen LogP contribution in [0.5, 0.6) is 0 Å². The first kappa shape index (κ1) is 29.5. The average Bonchev–Trinajstić information content (AvgIpc) is 3.04. The van der Waals surface area contributed by atoms with E-state index >= 15 is 0 Å². The lowest BCUT2D eigenvalue weighted by Gasteiger charge is -2.45. The number of benzene rings is 4. The van der Waals surface area contributed by atoms with E-state index in [2.05, 4.69) is 48.5 Å². The molecule has 4 aromatic rings. The third kappa shape index (κ3) is 8.76. The Kier molecular flexibility index (Phi) is 11.4. The van der Waals surface area contributed by atoms with Gasteiger partial charge in [0.25, 0.3) is 0 Å². The van der Waals surface area contributed by atoms with Crippen LogP contribution in [0, 0.1) is 0 Å². The lowest BCUT2D eigenvalue weighted by molar-refractivity contribution is -0.254. The van der Waals surface area contributed by atoms with E-state index in [9.17, 15) is 0 Å². The first-order chi connectivity index (χ1) is 20.3. The second-order valence-corrected chi connectivity index (χ2v) is 11.0. The maximum Gasteiger partial charge on any atom is 0.132 e. The predicted molar refractivity (Wildman–Crippen MR) is 163 cm³/mol. The van der Waals surface area contributed by atoms with E-state index in [0.717, 1.165) is 22.3 Å². The summed E-state index contributed by atoms with van der Waals surface area (Å²) in [5.74, 6) is 0. The Bertz CT molecular complexity index is 1260. The van der Waals surface area contributed by atoms with Crippen molar-refractivity contribution in [3.05, 3.63) is 144 Å². The molecule has 214 valence electrons. The van der Waals surface area contributed by atoms with Crippen molar-refractivity contribution >= 4 is 11.8 Å². The van der Waals surface area contributed by atoms with E-state index in [4.69, 9.17) is 23.7 Å². The zero-order chi connectivity index (χ0) is 28.1. The zero-order valence-corrected chi connectivity index (χ0v) is 24.2. The Morgan fingerprint density at radius 1 is 0.512 bits per heavy atom. The van der Waals surface area contributed by atoms with E-state index < -0.39 is 6.10 Å². The second kappa shape index (κ2) is 15.9. The van der Waals surface area contributed by atoms with E-state index in [-0.39, 0.29) is 23.7 Å². The fourth-order valence-electron chi connectivity index (χ4n) is 4.94. The summed E-state index contributed by atoms with van der Waals surface area (Å²) in [5, 5.41) is 0. The van der Waals surface area contributed by atoms with Gasteiger partial charge >= 0.3 is 0 Å². The molecule has 6 heteroatoms. The summed E-state index contributed by atoms with van der Waals surface area (Å²) in [5.41, 5.74) is 4.16. The van der Waals surface area contributed by atoms with Crippen molar-refractivity contribution in [2.24, 2.45) is 0 Å². The molecule has 0 aromatic heterocycles. The Morgan fingerprint density at radius 2 is 0.902 bits per heavy atom. The van der Waals surface area contributed by atoms with Crippen molar-refractivity contribution in [3.8, 4) is 0 Å². The number of hydrogen-bond donors (Lipinski definition) is 0. The number of hydrogen-bond acceptors (Lipinski definition) is 6. The Balaban J connectivity index is 1.38. The smallest absolute Gasteiger partial charge is 0.132 e. The molecule has 0 saturated carbocycles. The van der Waals surface area contributed by atoms with Gasteiger partial charge in [0.05, 0.1) is 33.0 Å². The summed E-state index contributed by atoms with van der Waals surface area (Å²) in [4.78, 5) is 0. The second-order valence-electron chi connectivity index (χ2n) is 10.1. The summed E-state index contributed by atoms with van der Waals surface area (Å²) < 4.78 is 32.8. The van der Waals surface area contributed by atoms with E-state index in [0.29, 0.717) is 33.0 Å². The van der Waals surface area contributed by atoms with Crippen LogP contribution in [0.25, 0.3) is 0 Å². The van der Waals surface area contributed by atoms with Gasteiger partial charge in [-0.3, -0.25) is 0 Å². The Morgan fingerprint density at radius 3 is 1.34 bits per heavy atom. The average molecular weight is 571 g/mol. The minimum Gasteiger partial charge on any atom is -0.374 e. The van der Waals surface area contributed by atoms with Crippen molar-refractivity contribution in [3.63, 3.8) is 0 Å². The monoisotopic (exact) mass is 570 g/mol.